The van der Waals surface area contributed by atoms with E-state index >= 15 is 0 Å². The molecule has 1 aliphatic rings. The van der Waals surface area contributed by atoms with Gasteiger partial charge in [-0.25, -0.2) is 0 Å². The number of piperidine rings is 1. The Labute approximate surface area is 150 Å². The molecule has 0 saturated carbocycles. The molecule has 0 atom stereocenters. The largest absolute Gasteiger partial charge is 0.373 e. The van der Waals surface area contributed by atoms with Gasteiger partial charge >= 0.3 is 0 Å². The predicted molar refractivity (Wildman–Crippen MR) is 99.6 cm³/mol. The summed E-state index contributed by atoms with van der Waals surface area (Å²) in [5, 5.41) is 2.97. The van der Waals surface area contributed by atoms with Gasteiger partial charge in [0, 0.05) is 58.9 Å². The van der Waals surface area contributed by atoms with Gasteiger partial charge in [0.15, 0.2) is 0 Å². The molecule has 0 radical (unpaired) electrons. The summed E-state index contributed by atoms with van der Waals surface area (Å²) in [5.74, 6) is -0.0981. The molecule has 0 aliphatic carbocycles. The SMILES string of the molecule is CN(CCNC(=O)C1CCN(S(=O)(=O)N(C)C)CC1)c1ccccc1. The highest BCUT2D eigenvalue weighted by atomic mass is 32.2. The van der Waals surface area contributed by atoms with Gasteiger partial charge in [-0.15, -0.1) is 0 Å². The van der Waals surface area contributed by atoms with Crippen LogP contribution in [0.5, 0.6) is 0 Å². The summed E-state index contributed by atoms with van der Waals surface area (Å²) in [6, 6.07) is 10.0. The van der Waals surface area contributed by atoms with Crippen LogP contribution in [0.1, 0.15) is 12.8 Å². The molecule has 0 spiro atoms. The van der Waals surface area contributed by atoms with Crippen molar-refractivity contribution in [1.82, 2.24) is 13.9 Å². The Hall–Kier alpha value is -1.64. The second-order valence-electron chi connectivity index (χ2n) is 6.51. The van der Waals surface area contributed by atoms with Crippen molar-refractivity contribution >= 4 is 21.8 Å². The Morgan fingerprint density at radius 3 is 2.32 bits per heavy atom. The Bertz CT molecular complexity index is 656. The van der Waals surface area contributed by atoms with Gasteiger partial charge in [-0.1, -0.05) is 18.2 Å². The Morgan fingerprint density at radius 1 is 1.16 bits per heavy atom. The topological polar surface area (TPSA) is 73.0 Å². The molecule has 140 valence electrons. The average Bonchev–Trinajstić information content (AvgIpc) is 2.62. The highest BCUT2D eigenvalue weighted by Crippen LogP contribution is 2.20. The minimum atomic E-state index is -3.38. The van der Waals surface area contributed by atoms with Gasteiger partial charge in [-0.3, -0.25) is 4.79 Å². The van der Waals surface area contributed by atoms with Crippen molar-refractivity contribution in [3.63, 3.8) is 0 Å². The molecule has 1 aromatic carbocycles. The lowest BCUT2D eigenvalue weighted by molar-refractivity contribution is -0.126. The first kappa shape index (κ1) is 19.7. The van der Waals surface area contributed by atoms with Crippen molar-refractivity contribution < 1.29 is 13.2 Å². The van der Waals surface area contributed by atoms with Crippen LogP contribution in [0.15, 0.2) is 30.3 Å². The van der Waals surface area contributed by atoms with Crippen LogP contribution >= 0.6 is 0 Å². The van der Waals surface area contributed by atoms with Crippen molar-refractivity contribution in [2.45, 2.75) is 12.8 Å². The monoisotopic (exact) mass is 368 g/mol. The molecule has 1 heterocycles. The van der Waals surface area contributed by atoms with Gasteiger partial charge in [0.25, 0.3) is 10.2 Å². The molecular weight excluding hydrogens is 340 g/mol. The summed E-state index contributed by atoms with van der Waals surface area (Å²) in [6.07, 6.45) is 1.13. The van der Waals surface area contributed by atoms with E-state index in [1.165, 1.54) is 22.7 Å². The lowest BCUT2D eigenvalue weighted by Crippen LogP contribution is -2.47. The van der Waals surface area contributed by atoms with Crippen LogP contribution in [0.25, 0.3) is 0 Å². The summed E-state index contributed by atoms with van der Waals surface area (Å²) in [4.78, 5) is 14.4. The minimum Gasteiger partial charge on any atom is -0.373 e. The highest BCUT2D eigenvalue weighted by Gasteiger charge is 2.32. The van der Waals surface area contributed by atoms with Crippen molar-refractivity contribution in [3.8, 4) is 0 Å². The van der Waals surface area contributed by atoms with E-state index in [1.54, 1.807) is 0 Å². The molecule has 0 aromatic heterocycles. The third-order valence-electron chi connectivity index (χ3n) is 4.56. The van der Waals surface area contributed by atoms with E-state index in [2.05, 4.69) is 10.2 Å². The fraction of sp³-hybridized carbons (Fsp3) is 0.588. The van der Waals surface area contributed by atoms with Gasteiger partial charge in [0.2, 0.25) is 5.91 Å². The van der Waals surface area contributed by atoms with Crippen LogP contribution in [0, 0.1) is 5.92 Å². The van der Waals surface area contributed by atoms with Gasteiger partial charge in [-0.05, 0) is 25.0 Å². The van der Waals surface area contributed by atoms with E-state index in [1.807, 2.05) is 37.4 Å². The number of hydrogen-bond donors (Lipinski definition) is 1. The van der Waals surface area contributed by atoms with Gasteiger partial charge in [0.1, 0.15) is 0 Å². The number of benzene rings is 1. The smallest absolute Gasteiger partial charge is 0.281 e. The summed E-state index contributed by atoms with van der Waals surface area (Å²) < 4.78 is 26.8. The van der Waals surface area contributed by atoms with E-state index < -0.39 is 10.2 Å². The predicted octanol–water partition coefficient (Wildman–Crippen LogP) is 0.757. The molecule has 2 rings (SSSR count). The van der Waals surface area contributed by atoms with Gasteiger partial charge < -0.3 is 10.2 Å². The van der Waals surface area contributed by atoms with Crippen molar-refractivity contribution in [3.05, 3.63) is 30.3 Å². The number of para-hydroxylation sites is 1. The van der Waals surface area contributed by atoms with Crippen LogP contribution in [0.3, 0.4) is 0 Å². The first-order valence-corrected chi connectivity index (χ1v) is 9.93. The van der Waals surface area contributed by atoms with E-state index in [0.717, 1.165) is 12.2 Å². The minimum absolute atomic E-state index is 0.0170. The fourth-order valence-corrected chi connectivity index (χ4v) is 4.02. The van der Waals surface area contributed by atoms with Crippen molar-refractivity contribution in [2.75, 3.05) is 52.2 Å². The first-order valence-electron chi connectivity index (χ1n) is 8.54. The number of carbonyl (C=O) groups is 1. The van der Waals surface area contributed by atoms with Crippen LogP contribution in [0.2, 0.25) is 0 Å². The molecule has 1 saturated heterocycles. The number of rotatable bonds is 7. The molecule has 1 N–H and O–H groups in total. The maximum atomic E-state index is 12.3. The first-order chi connectivity index (χ1) is 11.8. The van der Waals surface area contributed by atoms with E-state index in [0.29, 0.717) is 32.5 Å². The molecule has 1 amide bonds. The lowest BCUT2D eigenvalue weighted by Gasteiger charge is -2.32. The molecule has 7 nitrogen and oxygen atoms in total. The van der Waals surface area contributed by atoms with Crippen LogP contribution in [0.4, 0.5) is 5.69 Å². The molecule has 8 heteroatoms. The summed E-state index contributed by atoms with van der Waals surface area (Å²) in [6.45, 7) is 2.08. The maximum Gasteiger partial charge on any atom is 0.281 e. The summed E-state index contributed by atoms with van der Waals surface area (Å²) in [5.41, 5.74) is 1.11. The Balaban J connectivity index is 1.74. The van der Waals surface area contributed by atoms with E-state index in [9.17, 15) is 13.2 Å². The number of anilines is 1. The maximum absolute atomic E-state index is 12.3. The van der Waals surface area contributed by atoms with Gasteiger partial charge in [-0.2, -0.15) is 17.0 Å². The van der Waals surface area contributed by atoms with E-state index in [4.69, 9.17) is 0 Å². The molecule has 1 aromatic rings. The molecule has 1 aliphatic heterocycles. The van der Waals surface area contributed by atoms with E-state index in [-0.39, 0.29) is 11.8 Å². The third-order valence-corrected chi connectivity index (χ3v) is 6.50. The average molecular weight is 369 g/mol. The normalized spacial score (nSPS) is 16.8. The zero-order valence-electron chi connectivity index (χ0n) is 15.2. The molecule has 0 bridgehead atoms. The Kier molecular flexibility index (Phi) is 6.80. The lowest BCUT2D eigenvalue weighted by atomic mass is 9.97. The molecular formula is C17H28N4O3S. The number of nitrogens with zero attached hydrogens (tertiary/aromatic N) is 3. The molecule has 1 fully saturated rings. The second kappa shape index (κ2) is 8.64. The summed E-state index contributed by atoms with van der Waals surface area (Å²) in [7, 11) is 1.66. The zero-order chi connectivity index (χ0) is 18.4. The number of amides is 1. The van der Waals surface area contributed by atoms with Crippen LogP contribution in [-0.2, 0) is 15.0 Å². The number of nitrogens with one attached hydrogen (secondary N) is 1. The third kappa shape index (κ3) is 5.17. The fourth-order valence-electron chi connectivity index (χ4n) is 2.88. The van der Waals surface area contributed by atoms with Crippen molar-refractivity contribution in [2.24, 2.45) is 5.92 Å². The second-order valence-corrected chi connectivity index (χ2v) is 8.65. The molecule has 0 unspecified atom stereocenters. The Morgan fingerprint density at radius 2 is 1.76 bits per heavy atom. The zero-order valence-corrected chi connectivity index (χ0v) is 16.0. The molecule has 25 heavy (non-hydrogen) atoms. The summed E-state index contributed by atoms with van der Waals surface area (Å²) >= 11 is 0. The highest BCUT2D eigenvalue weighted by molar-refractivity contribution is 7.86. The van der Waals surface area contributed by atoms with Gasteiger partial charge in [0.05, 0.1) is 0 Å². The standard InChI is InChI=1S/C17H28N4O3S/c1-19(2)25(23,24)21-12-9-15(10-13-21)17(22)18-11-14-20(3)16-7-5-4-6-8-16/h4-8,15H,9-14H2,1-3H3,(H,18,22). The van der Waals surface area contributed by atoms with Crippen molar-refractivity contribution in [1.29, 1.82) is 0 Å². The van der Waals surface area contributed by atoms with Crippen LogP contribution in [-0.4, -0.2) is 70.3 Å². The number of likely N-dealkylation sites (N-methyl/N-ethyl adjacent to an activating group) is 1. The van der Waals surface area contributed by atoms with Crippen LogP contribution < -0.4 is 10.2 Å². The number of hydrogen-bond acceptors (Lipinski definition) is 4. The quantitative estimate of drug-likeness (QED) is 0.771. The number of carbonyl (C=O) groups excluding carboxylic acids is 1.